The molecular formula is C19H29N7O. The number of piperazine rings is 1. The maximum Gasteiger partial charge on any atom is 0.317 e. The van der Waals surface area contributed by atoms with Gasteiger partial charge >= 0.3 is 6.03 Å². The monoisotopic (exact) mass is 371 g/mol. The summed E-state index contributed by atoms with van der Waals surface area (Å²) in [5.74, 6) is 0.933. The highest BCUT2D eigenvalue weighted by molar-refractivity contribution is 5.75. The molecule has 0 saturated carbocycles. The van der Waals surface area contributed by atoms with Gasteiger partial charge in [0.25, 0.3) is 0 Å². The fourth-order valence-corrected chi connectivity index (χ4v) is 4.07. The minimum atomic E-state index is 0.0796. The third kappa shape index (κ3) is 4.16. The van der Waals surface area contributed by atoms with Crippen LogP contribution in [0.15, 0.2) is 24.5 Å². The first-order chi connectivity index (χ1) is 13.2. The number of hydrogen-bond acceptors (Lipinski definition) is 5. The van der Waals surface area contributed by atoms with Crippen LogP contribution in [0.3, 0.4) is 0 Å². The van der Waals surface area contributed by atoms with E-state index in [2.05, 4.69) is 32.1 Å². The molecule has 2 aliphatic rings. The summed E-state index contributed by atoms with van der Waals surface area (Å²) in [5, 5.41) is 7.85. The summed E-state index contributed by atoms with van der Waals surface area (Å²) in [6.07, 6.45) is 7.03. The normalized spacial score (nSPS) is 21.6. The second kappa shape index (κ2) is 8.12. The SMILES string of the molecule is CCCN1CCC[C@H](NC(=O)N2CCN(c3ccc4nccn4n3)CC2)C1. The van der Waals surface area contributed by atoms with Crippen molar-refractivity contribution in [2.45, 2.75) is 32.2 Å². The number of piperidine rings is 1. The molecule has 8 heteroatoms. The van der Waals surface area contributed by atoms with Crippen LogP contribution in [0.25, 0.3) is 5.65 Å². The Kier molecular flexibility index (Phi) is 5.42. The van der Waals surface area contributed by atoms with Crippen LogP contribution in [0.4, 0.5) is 10.6 Å². The highest BCUT2D eigenvalue weighted by atomic mass is 16.2. The van der Waals surface area contributed by atoms with E-state index in [1.165, 1.54) is 12.8 Å². The maximum atomic E-state index is 12.7. The second-order valence-electron chi connectivity index (χ2n) is 7.48. The molecule has 0 aromatic carbocycles. The van der Waals surface area contributed by atoms with Crippen molar-refractivity contribution in [2.24, 2.45) is 0 Å². The fourth-order valence-electron chi connectivity index (χ4n) is 4.07. The van der Waals surface area contributed by atoms with Crippen LogP contribution < -0.4 is 10.2 Å². The summed E-state index contributed by atoms with van der Waals surface area (Å²) in [5.41, 5.74) is 0.848. The lowest BCUT2D eigenvalue weighted by Gasteiger charge is -2.37. The molecule has 1 N–H and O–H groups in total. The molecule has 8 nitrogen and oxygen atoms in total. The molecule has 2 amide bonds. The fraction of sp³-hybridized carbons (Fsp3) is 0.632. The van der Waals surface area contributed by atoms with Gasteiger partial charge in [-0.2, -0.15) is 0 Å². The van der Waals surface area contributed by atoms with E-state index in [1.54, 1.807) is 10.7 Å². The summed E-state index contributed by atoms with van der Waals surface area (Å²) >= 11 is 0. The van der Waals surface area contributed by atoms with E-state index in [1.807, 2.05) is 23.2 Å². The standard InChI is InChI=1S/C19H29N7O/c1-2-8-23-9-3-4-16(15-23)21-19(27)25-13-11-24(12-14-25)18-6-5-17-20-7-10-26(17)22-18/h5-7,10,16H,2-4,8-9,11-15H2,1H3,(H,21,27)/t16-/m0/s1. The van der Waals surface area contributed by atoms with Crippen molar-refractivity contribution < 1.29 is 4.79 Å². The predicted molar refractivity (Wildman–Crippen MR) is 105 cm³/mol. The highest BCUT2D eigenvalue weighted by Gasteiger charge is 2.26. The minimum absolute atomic E-state index is 0.0796. The molecule has 0 aliphatic carbocycles. The topological polar surface area (TPSA) is 69.0 Å². The van der Waals surface area contributed by atoms with Crippen LogP contribution in [-0.4, -0.2) is 82.3 Å². The number of nitrogens with one attached hydrogen (secondary N) is 1. The van der Waals surface area contributed by atoms with Gasteiger partial charge in [0, 0.05) is 51.2 Å². The van der Waals surface area contributed by atoms with E-state index in [-0.39, 0.29) is 12.1 Å². The van der Waals surface area contributed by atoms with E-state index in [4.69, 9.17) is 0 Å². The van der Waals surface area contributed by atoms with Crippen LogP contribution >= 0.6 is 0 Å². The second-order valence-corrected chi connectivity index (χ2v) is 7.48. The molecule has 0 spiro atoms. The van der Waals surface area contributed by atoms with E-state index in [0.29, 0.717) is 0 Å². The van der Waals surface area contributed by atoms with Gasteiger partial charge in [0.2, 0.25) is 0 Å². The van der Waals surface area contributed by atoms with E-state index in [9.17, 15) is 4.79 Å². The van der Waals surface area contributed by atoms with Gasteiger partial charge in [-0.05, 0) is 44.5 Å². The van der Waals surface area contributed by atoms with Gasteiger partial charge in [-0.15, -0.1) is 5.10 Å². The zero-order valence-electron chi connectivity index (χ0n) is 16.0. The molecule has 1 atom stereocenters. The number of anilines is 1. The van der Waals surface area contributed by atoms with Crippen molar-refractivity contribution in [1.29, 1.82) is 0 Å². The number of likely N-dealkylation sites (tertiary alicyclic amines) is 1. The number of amides is 2. The quantitative estimate of drug-likeness (QED) is 0.881. The van der Waals surface area contributed by atoms with Gasteiger partial charge in [-0.25, -0.2) is 14.3 Å². The highest BCUT2D eigenvalue weighted by Crippen LogP contribution is 2.15. The number of imidazole rings is 1. The Bertz CT molecular complexity index is 766. The van der Waals surface area contributed by atoms with Gasteiger partial charge in [-0.3, -0.25) is 0 Å². The van der Waals surface area contributed by atoms with Crippen LogP contribution in [0, 0.1) is 0 Å². The average Bonchev–Trinajstić information content (AvgIpc) is 3.16. The predicted octanol–water partition coefficient (Wildman–Crippen LogP) is 1.44. The van der Waals surface area contributed by atoms with Crippen LogP contribution in [-0.2, 0) is 0 Å². The Balaban J connectivity index is 1.28. The molecule has 0 unspecified atom stereocenters. The van der Waals surface area contributed by atoms with Gasteiger partial charge in [-0.1, -0.05) is 6.92 Å². The lowest BCUT2D eigenvalue weighted by molar-refractivity contribution is 0.165. The summed E-state index contributed by atoms with van der Waals surface area (Å²) in [6.45, 7) is 8.52. The molecule has 2 aromatic rings. The Hall–Kier alpha value is -2.35. The Morgan fingerprint density at radius 2 is 2.07 bits per heavy atom. The minimum Gasteiger partial charge on any atom is -0.352 e. The number of aromatic nitrogens is 3. The van der Waals surface area contributed by atoms with E-state index in [0.717, 1.165) is 63.7 Å². The summed E-state index contributed by atoms with van der Waals surface area (Å²) in [7, 11) is 0. The van der Waals surface area contributed by atoms with E-state index < -0.39 is 0 Å². The van der Waals surface area contributed by atoms with Crippen molar-refractivity contribution >= 4 is 17.5 Å². The molecule has 4 heterocycles. The number of rotatable bonds is 4. The summed E-state index contributed by atoms with van der Waals surface area (Å²) < 4.78 is 1.79. The molecule has 4 rings (SSSR count). The number of carbonyl (C=O) groups excluding carboxylic acids is 1. The molecule has 2 fully saturated rings. The van der Waals surface area contributed by atoms with E-state index >= 15 is 0 Å². The van der Waals surface area contributed by atoms with Gasteiger partial charge in [0.05, 0.1) is 0 Å². The first-order valence-corrected chi connectivity index (χ1v) is 10.1. The first-order valence-electron chi connectivity index (χ1n) is 10.1. The molecule has 27 heavy (non-hydrogen) atoms. The van der Waals surface area contributed by atoms with Crippen molar-refractivity contribution in [3.05, 3.63) is 24.5 Å². The Morgan fingerprint density at radius 3 is 2.89 bits per heavy atom. The molecular weight excluding hydrogens is 342 g/mol. The van der Waals surface area contributed by atoms with Crippen molar-refractivity contribution in [3.8, 4) is 0 Å². The number of nitrogens with zero attached hydrogens (tertiary/aromatic N) is 6. The molecule has 2 saturated heterocycles. The molecule has 2 aliphatic heterocycles. The number of carbonyl (C=O) groups is 1. The third-order valence-electron chi connectivity index (χ3n) is 5.50. The Labute approximate surface area is 160 Å². The third-order valence-corrected chi connectivity index (χ3v) is 5.50. The molecule has 0 radical (unpaired) electrons. The zero-order chi connectivity index (χ0) is 18.6. The molecule has 2 aromatic heterocycles. The van der Waals surface area contributed by atoms with Crippen molar-refractivity contribution in [1.82, 2.24) is 29.7 Å². The van der Waals surface area contributed by atoms with Crippen LogP contribution in [0.5, 0.6) is 0 Å². The lowest BCUT2D eigenvalue weighted by Crippen LogP contribution is -2.56. The largest absolute Gasteiger partial charge is 0.352 e. The van der Waals surface area contributed by atoms with Crippen molar-refractivity contribution in [2.75, 3.05) is 50.7 Å². The first kappa shape index (κ1) is 18.0. The van der Waals surface area contributed by atoms with Crippen molar-refractivity contribution in [3.63, 3.8) is 0 Å². The number of urea groups is 1. The van der Waals surface area contributed by atoms with Crippen LogP contribution in [0.2, 0.25) is 0 Å². The smallest absolute Gasteiger partial charge is 0.317 e. The van der Waals surface area contributed by atoms with Gasteiger partial charge < -0.3 is 20.0 Å². The number of fused-ring (bicyclic) bond motifs is 1. The zero-order valence-corrected chi connectivity index (χ0v) is 16.0. The van der Waals surface area contributed by atoms with Gasteiger partial charge in [0.1, 0.15) is 5.82 Å². The number of hydrogen-bond donors (Lipinski definition) is 1. The van der Waals surface area contributed by atoms with Gasteiger partial charge in [0.15, 0.2) is 5.65 Å². The average molecular weight is 371 g/mol. The molecule has 146 valence electrons. The summed E-state index contributed by atoms with van der Waals surface area (Å²) in [6, 6.07) is 4.34. The Morgan fingerprint density at radius 1 is 1.22 bits per heavy atom. The van der Waals surface area contributed by atoms with Crippen LogP contribution in [0.1, 0.15) is 26.2 Å². The lowest BCUT2D eigenvalue weighted by atomic mass is 10.1. The maximum absolute atomic E-state index is 12.7. The molecule has 0 bridgehead atoms. The summed E-state index contributed by atoms with van der Waals surface area (Å²) in [4.78, 5) is 23.5.